The van der Waals surface area contributed by atoms with Gasteiger partial charge in [-0.2, -0.15) is 0 Å². The Morgan fingerprint density at radius 3 is 2.39 bits per heavy atom. The molecule has 0 aliphatic heterocycles. The quantitative estimate of drug-likeness (QED) is 0.488. The van der Waals surface area contributed by atoms with Crippen LogP contribution >= 0.6 is 0 Å². The van der Waals surface area contributed by atoms with Crippen molar-refractivity contribution in [2.24, 2.45) is 0 Å². The number of carbonyl (C=O) groups excluding carboxylic acids is 2. The van der Waals surface area contributed by atoms with E-state index in [1.54, 1.807) is 6.20 Å². The fourth-order valence-electron chi connectivity index (χ4n) is 2.65. The van der Waals surface area contributed by atoms with E-state index in [0.29, 0.717) is 11.1 Å². The molecule has 0 unspecified atom stereocenters. The van der Waals surface area contributed by atoms with Crippen LogP contribution in [0.2, 0.25) is 0 Å². The van der Waals surface area contributed by atoms with Gasteiger partial charge < -0.3 is 9.47 Å². The summed E-state index contributed by atoms with van der Waals surface area (Å²) in [7, 11) is 0. The third kappa shape index (κ3) is 4.80. The Hall–Kier alpha value is -3.52. The number of hydrogen-bond acceptors (Lipinski definition) is 4. The maximum absolute atomic E-state index is 12.5. The van der Waals surface area contributed by atoms with Crippen LogP contribution in [-0.2, 0) is 20.9 Å². The first-order valence-corrected chi connectivity index (χ1v) is 8.89. The predicted molar refractivity (Wildman–Crippen MR) is 107 cm³/mol. The molecule has 0 saturated carbocycles. The van der Waals surface area contributed by atoms with Gasteiger partial charge in [-0.15, -0.1) is 0 Å². The highest BCUT2D eigenvalue weighted by Crippen LogP contribution is 2.23. The van der Waals surface area contributed by atoms with Crippen LogP contribution in [-0.4, -0.2) is 22.2 Å². The molecule has 2 aromatic carbocycles. The molecule has 0 fully saturated rings. The van der Waals surface area contributed by atoms with E-state index < -0.39 is 17.7 Å². The van der Waals surface area contributed by atoms with E-state index in [9.17, 15) is 9.59 Å². The van der Waals surface area contributed by atoms with Crippen molar-refractivity contribution >= 4 is 23.0 Å². The van der Waals surface area contributed by atoms with Crippen molar-refractivity contribution in [1.82, 2.24) is 4.57 Å². The Balaban J connectivity index is 1.77. The molecular formula is C23H21NO4. The number of para-hydroxylation sites is 1. The summed E-state index contributed by atoms with van der Waals surface area (Å²) < 4.78 is 12.2. The topological polar surface area (TPSA) is 57.5 Å². The summed E-state index contributed by atoms with van der Waals surface area (Å²) in [5.41, 5.74) is 1.53. The van der Waals surface area contributed by atoms with Crippen molar-refractivity contribution in [3.8, 4) is 11.8 Å². The summed E-state index contributed by atoms with van der Waals surface area (Å²) in [6.45, 7) is 5.44. The van der Waals surface area contributed by atoms with E-state index in [1.807, 2.05) is 75.4 Å². The van der Waals surface area contributed by atoms with Crippen LogP contribution < -0.4 is 0 Å². The highest BCUT2D eigenvalue weighted by molar-refractivity contribution is 5.92. The normalized spacial score (nSPS) is 10.8. The number of carbonyl (C=O) groups is 2. The molecule has 5 nitrogen and oxygen atoms in total. The molecule has 1 aromatic heterocycles. The summed E-state index contributed by atoms with van der Waals surface area (Å²) in [6, 6.07) is 16.6. The van der Waals surface area contributed by atoms with E-state index >= 15 is 0 Å². The average molecular weight is 375 g/mol. The van der Waals surface area contributed by atoms with Crippen LogP contribution in [0, 0.1) is 11.8 Å². The van der Waals surface area contributed by atoms with Crippen LogP contribution in [0.25, 0.3) is 10.9 Å². The summed E-state index contributed by atoms with van der Waals surface area (Å²) in [6.07, 6.45) is 1.15. The smallest absolute Gasteiger partial charge is 0.419 e. The van der Waals surface area contributed by atoms with Crippen molar-refractivity contribution < 1.29 is 19.1 Å². The third-order valence-electron chi connectivity index (χ3n) is 3.83. The van der Waals surface area contributed by atoms with Gasteiger partial charge in [0.1, 0.15) is 12.2 Å². The number of fused-ring (bicyclic) bond motifs is 1. The lowest BCUT2D eigenvalue weighted by molar-refractivity contribution is -0.137. The Morgan fingerprint density at radius 2 is 1.68 bits per heavy atom. The standard InChI is InChI=1S/C23H21NO4/c1-23(2,3)28-22(26)24-15-18(19-11-7-8-12-20(19)24)16-27-21(25)14-13-17-9-5-4-6-10-17/h4-12,15H,16H2,1-3H3. The molecule has 5 heteroatoms. The minimum atomic E-state index is -0.627. The summed E-state index contributed by atoms with van der Waals surface area (Å²) in [5.74, 6) is 4.60. The van der Waals surface area contributed by atoms with Gasteiger partial charge in [-0.1, -0.05) is 42.3 Å². The average Bonchev–Trinajstić information content (AvgIpc) is 3.03. The number of nitrogens with zero attached hydrogens (tertiary/aromatic N) is 1. The number of aromatic nitrogens is 1. The zero-order chi connectivity index (χ0) is 20.1. The first-order valence-electron chi connectivity index (χ1n) is 8.89. The lowest BCUT2D eigenvalue weighted by Gasteiger charge is -2.19. The number of esters is 1. The Morgan fingerprint density at radius 1 is 1.00 bits per heavy atom. The van der Waals surface area contributed by atoms with Gasteiger partial charge in [-0.25, -0.2) is 9.59 Å². The van der Waals surface area contributed by atoms with Gasteiger partial charge in [0, 0.05) is 28.6 Å². The molecule has 0 saturated heterocycles. The van der Waals surface area contributed by atoms with Gasteiger partial charge in [-0.3, -0.25) is 4.57 Å². The highest BCUT2D eigenvalue weighted by atomic mass is 16.6. The second-order valence-electron chi connectivity index (χ2n) is 7.21. The zero-order valence-corrected chi connectivity index (χ0v) is 16.1. The lowest BCUT2D eigenvalue weighted by atomic mass is 10.2. The molecule has 0 N–H and O–H groups in total. The summed E-state index contributed by atoms with van der Waals surface area (Å²) in [5, 5.41) is 0.817. The predicted octanol–water partition coefficient (Wildman–Crippen LogP) is 4.52. The SMILES string of the molecule is CC(C)(C)OC(=O)n1cc(COC(=O)C#Cc2ccccc2)c2ccccc21. The van der Waals surface area contributed by atoms with Crippen LogP contribution in [0.5, 0.6) is 0 Å². The molecule has 0 radical (unpaired) electrons. The second kappa shape index (κ2) is 8.01. The van der Waals surface area contributed by atoms with Crippen LogP contribution in [0.1, 0.15) is 31.9 Å². The van der Waals surface area contributed by atoms with Crippen LogP contribution in [0.3, 0.4) is 0 Å². The largest absolute Gasteiger partial charge is 0.451 e. The molecule has 1 heterocycles. The molecule has 28 heavy (non-hydrogen) atoms. The number of ether oxygens (including phenoxy) is 2. The third-order valence-corrected chi connectivity index (χ3v) is 3.83. The first-order chi connectivity index (χ1) is 13.3. The van der Waals surface area contributed by atoms with Crippen molar-refractivity contribution in [3.05, 3.63) is 71.9 Å². The van der Waals surface area contributed by atoms with E-state index in [2.05, 4.69) is 11.8 Å². The Labute approximate surface area is 163 Å². The number of rotatable bonds is 2. The van der Waals surface area contributed by atoms with Crippen molar-refractivity contribution in [2.75, 3.05) is 0 Å². The van der Waals surface area contributed by atoms with E-state index in [1.165, 1.54) is 4.57 Å². The fraction of sp³-hybridized carbons (Fsp3) is 0.217. The van der Waals surface area contributed by atoms with Gasteiger partial charge in [-0.05, 0) is 39.0 Å². The van der Waals surface area contributed by atoms with Gasteiger partial charge >= 0.3 is 12.1 Å². The molecule has 0 spiro atoms. The summed E-state index contributed by atoms with van der Waals surface area (Å²) in [4.78, 5) is 24.5. The lowest BCUT2D eigenvalue weighted by Crippen LogP contribution is -2.26. The van der Waals surface area contributed by atoms with Gasteiger partial charge in [0.25, 0.3) is 0 Å². The highest BCUT2D eigenvalue weighted by Gasteiger charge is 2.20. The first kappa shape index (κ1) is 19.2. The van der Waals surface area contributed by atoms with Crippen LogP contribution in [0.15, 0.2) is 60.8 Å². The molecular weight excluding hydrogens is 354 g/mol. The minimum Gasteiger partial charge on any atom is -0.451 e. The molecule has 0 bridgehead atoms. The molecule has 0 aliphatic rings. The zero-order valence-electron chi connectivity index (χ0n) is 16.1. The number of benzene rings is 2. The van der Waals surface area contributed by atoms with Gasteiger partial charge in [0.15, 0.2) is 0 Å². The molecule has 3 rings (SSSR count). The fourth-order valence-corrected chi connectivity index (χ4v) is 2.65. The molecule has 142 valence electrons. The van der Waals surface area contributed by atoms with Crippen molar-refractivity contribution in [1.29, 1.82) is 0 Å². The van der Waals surface area contributed by atoms with E-state index in [0.717, 1.165) is 10.9 Å². The molecule has 0 amide bonds. The maximum atomic E-state index is 12.5. The molecule has 3 aromatic rings. The molecule has 0 atom stereocenters. The Kier molecular flexibility index (Phi) is 5.51. The van der Waals surface area contributed by atoms with Gasteiger partial charge in [0.05, 0.1) is 5.52 Å². The maximum Gasteiger partial charge on any atom is 0.419 e. The Bertz CT molecular complexity index is 1060. The monoisotopic (exact) mass is 375 g/mol. The number of hydrogen-bond donors (Lipinski definition) is 0. The van der Waals surface area contributed by atoms with Crippen molar-refractivity contribution in [3.63, 3.8) is 0 Å². The van der Waals surface area contributed by atoms with E-state index in [4.69, 9.17) is 9.47 Å². The van der Waals surface area contributed by atoms with E-state index in [-0.39, 0.29) is 6.61 Å². The van der Waals surface area contributed by atoms with Crippen molar-refractivity contribution in [2.45, 2.75) is 33.0 Å². The summed E-state index contributed by atoms with van der Waals surface area (Å²) >= 11 is 0. The second-order valence-corrected chi connectivity index (χ2v) is 7.21. The van der Waals surface area contributed by atoms with Gasteiger partial charge in [0.2, 0.25) is 0 Å². The van der Waals surface area contributed by atoms with Crippen LogP contribution in [0.4, 0.5) is 4.79 Å². The molecule has 0 aliphatic carbocycles. The minimum absolute atomic E-state index is 0.0125.